The second-order valence-electron chi connectivity index (χ2n) is 6.53. The van der Waals surface area contributed by atoms with Crippen LogP contribution in [0, 0.1) is 12.3 Å². The smallest absolute Gasteiger partial charge is 0.220 e. The van der Waals surface area contributed by atoms with Crippen molar-refractivity contribution in [3.05, 3.63) is 35.4 Å². The summed E-state index contributed by atoms with van der Waals surface area (Å²) in [5.41, 5.74) is 2.32. The van der Waals surface area contributed by atoms with E-state index in [1.165, 1.54) is 11.1 Å². The number of amides is 1. The van der Waals surface area contributed by atoms with Gasteiger partial charge in [0.15, 0.2) is 0 Å². The van der Waals surface area contributed by atoms with Crippen molar-refractivity contribution in [2.45, 2.75) is 53.1 Å². The van der Waals surface area contributed by atoms with E-state index in [1.54, 1.807) is 0 Å². The van der Waals surface area contributed by atoms with E-state index < -0.39 is 6.10 Å². The fraction of sp³-hybridized carbons (Fsp3) is 0.588. The normalized spacial score (nSPS) is 13.1. The molecule has 20 heavy (non-hydrogen) atoms. The van der Waals surface area contributed by atoms with Crippen LogP contribution in [0.25, 0.3) is 0 Å². The Morgan fingerprint density at radius 2 is 1.85 bits per heavy atom. The van der Waals surface area contributed by atoms with Crippen LogP contribution in [-0.4, -0.2) is 23.7 Å². The Morgan fingerprint density at radius 3 is 2.40 bits per heavy atom. The summed E-state index contributed by atoms with van der Waals surface area (Å²) in [6.45, 7) is 8.27. The molecule has 1 aromatic rings. The number of carbonyl (C=O) groups is 1. The van der Waals surface area contributed by atoms with Crippen molar-refractivity contribution in [1.29, 1.82) is 0 Å². The van der Waals surface area contributed by atoms with Crippen LogP contribution in [0.4, 0.5) is 0 Å². The van der Waals surface area contributed by atoms with Gasteiger partial charge < -0.3 is 10.4 Å². The molecule has 1 aromatic carbocycles. The van der Waals surface area contributed by atoms with Crippen molar-refractivity contribution in [3.8, 4) is 0 Å². The van der Waals surface area contributed by atoms with E-state index >= 15 is 0 Å². The first-order chi connectivity index (χ1) is 9.29. The van der Waals surface area contributed by atoms with Crippen LogP contribution in [0.3, 0.4) is 0 Å². The molecular formula is C17H27NO2. The lowest BCUT2D eigenvalue weighted by Crippen LogP contribution is -2.39. The van der Waals surface area contributed by atoms with Crippen molar-refractivity contribution in [2.24, 2.45) is 5.41 Å². The Morgan fingerprint density at radius 1 is 1.25 bits per heavy atom. The summed E-state index contributed by atoms with van der Waals surface area (Å²) in [6.07, 6.45) is 1.74. The van der Waals surface area contributed by atoms with E-state index in [-0.39, 0.29) is 11.3 Å². The Kier molecular flexibility index (Phi) is 6.21. The van der Waals surface area contributed by atoms with Gasteiger partial charge in [0, 0.05) is 13.0 Å². The molecule has 3 heteroatoms. The van der Waals surface area contributed by atoms with Crippen LogP contribution >= 0.6 is 0 Å². The number of carbonyl (C=O) groups excluding carboxylic acids is 1. The third-order valence-electron chi connectivity index (χ3n) is 3.48. The highest BCUT2D eigenvalue weighted by Gasteiger charge is 2.22. The monoisotopic (exact) mass is 277 g/mol. The lowest BCUT2D eigenvalue weighted by molar-refractivity contribution is -0.122. The summed E-state index contributed by atoms with van der Waals surface area (Å²) < 4.78 is 0. The van der Waals surface area contributed by atoms with E-state index in [2.05, 4.69) is 36.5 Å². The molecule has 0 aliphatic carbocycles. The summed E-state index contributed by atoms with van der Waals surface area (Å²) in [4.78, 5) is 11.7. The summed E-state index contributed by atoms with van der Waals surface area (Å²) in [5.74, 6) is 0.0143. The second kappa shape index (κ2) is 7.44. The standard InChI is InChI=1S/C17H27NO2/c1-13-8-10-14(11-9-13)6-5-7-16(20)18-12-15(19)17(2,3)4/h8-11,15,19H,5-7,12H2,1-4H3,(H,18,20). The minimum atomic E-state index is -0.511. The molecule has 0 aromatic heterocycles. The van der Waals surface area contributed by atoms with Gasteiger partial charge in [-0.3, -0.25) is 4.79 Å². The van der Waals surface area contributed by atoms with Gasteiger partial charge in [-0.2, -0.15) is 0 Å². The Labute approximate surface area is 122 Å². The maximum absolute atomic E-state index is 11.7. The zero-order valence-electron chi connectivity index (χ0n) is 13.1. The van der Waals surface area contributed by atoms with Crippen LogP contribution in [0.2, 0.25) is 0 Å². The minimum Gasteiger partial charge on any atom is -0.391 e. The fourth-order valence-electron chi connectivity index (χ4n) is 1.81. The number of aryl methyl sites for hydroxylation is 2. The van der Waals surface area contributed by atoms with Crippen LogP contribution in [0.15, 0.2) is 24.3 Å². The number of aliphatic hydroxyl groups excluding tert-OH is 1. The first kappa shape index (κ1) is 16.7. The predicted molar refractivity (Wildman–Crippen MR) is 82.6 cm³/mol. The Balaban J connectivity index is 2.22. The van der Waals surface area contributed by atoms with Gasteiger partial charge in [-0.25, -0.2) is 0 Å². The highest BCUT2D eigenvalue weighted by Crippen LogP contribution is 2.18. The van der Waals surface area contributed by atoms with Crippen molar-refractivity contribution in [2.75, 3.05) is 6.54 Å². The lowest BCUT2D eigenvalue weighted by Gasteiger charge is -2.25. The number of benzene rings is 1. The highest BCUT2D eigenvalue weighted by molar-refractivity contribution is 5.75. The minimum absolute atomic E-state index is 0.0143. The molecule has 0 saturated carbocycles. The van der Waals surface area contributed by atoms with Crippen LogP contribution in [0.5, 0.6) is 0 Å². The van der Waals surface area contributed by atoms with Gasteiger partial charge in [0.05, 0.1) is 6.10 Å². The van der Waals surface area contributed by atoms with Crippen molar-refractivity contribution in [3.63, 3.8) is 0 Å². The molecule has 0 aliphatic rings. The molecule has 0 aliphatic heterocycles. The summed E-state index contributed by atoms with van der Waals surface area (Å²) in [7, 11) is 0. The molecule has 0 bridgehead atoms. The molecule has 2 N–H and O–H groups in total. The van der Waals surface area contributed by atoms with E-state index in [1.807, 2.05) is 20.8 Å². The van der Waals surface area contributed by atoms with Gasteiger partial charge in [-0.05, 0) is 30.7 Å². The molecule has 1 amide bonds. The van der Waals surface area contributed by atoms with Crippen LogP contribution in [-0.2, 0) is 11.2 Å². The van der Waals surface area contributed by atoms with Crippen molar-refractivity contribution in [1.82, 2.24) is 5.32 Å². The fourth-order valence-corrected chi connectivity index (χ4v) is 1.81. The Hall–Kier alpha value is -1.35. The number of hydrogen-bond donors (Lipinski definition) is 2. The van der Waals surface area contributed by atoms with Gasteiger partial charge >= 0.3 is 0 Å². The van der Waals surface area contributed by atoms with E-state index in [4.69, 9.17) is 0 Å². The van der Waals surface area contributed by atoms with Crippen LogP contribution < -0.4 is 5.32 Å². The molecule has 0 saturated heterocycles. The maximum Gasteiger partial charge on any atom is 0.220 e. The first-order valence-electron chi connectivity index (χ1n) is 7.29. The van der Waals surface area contributed by atoms with E-state index in [0.717, 1.165) is 12.8 Å². The molecule has 1 rings (SSSR count). The summed E-state index contributed by atoms with van der Waals surface area (Å²) in [5, 5.41) is 12.6. The molecule has 1 unspecified atom stereocenters. The SMILES string of the molecule is Cc1ccc(CCCC(=O)NCC(O)C(C)(C)C)cc1. The van der Waals surface area contributed by atoms with Gasteiger partial charge in [0.2, 0.25) is 5.91 Å². The van der Waals surface area contributed by atoms with E-state index in [0.29, 0.717) is 13.0 Å². The highest BCUT2D eigenvalue weighted by atomic mass is 16.3. The average Bonchev–Trinajstić information content (AvgIpc) is 2.37. The molecular weight excluding hydrogens is 250 g/mol. The predicted octanol–water partition coefficient (Wildman–Crippen LogP) is 2.84. The molecule has 1 atom stereocenters. The Bertz CT molecular complexity index is 418. The van der Waals surface area contributed by atoms with Crippen molar-refractivity contribution < 1.29 is 9.90 Å². The van der Waals surface area contributed by atoms with Gasteiger partial charge in [-0.15, -0.1) is 0 Å². The summed E-state index contributed by atoms with van der Waals surface area (Å²) >= 11 is 0. The zero-order chi connectivity index (χ0) is 15.2. The third-order valence-corrected chi connectivity index (χ3v) is 3.48. The second-order valence-corrected chi connectivity index (χ2v) is 6.53. The zero-order valence-corrected chi connectivity index (χ0v) is 13.1. The maximum atomic E-state index is 11.7. The van der Waals surface area contributed by atoms with Crippen LogP contribution in [0.1, 0.15) is 44.7 Å². The molecule has 0 heterocycles. The number of rotatable bonds is 6. The first-order valence-corrected chi connectivity index (χ1v) is 7.29. The molecule has 112 valence electrons. The number of aliphatic hydroxyl groups is 1. The largest absolute Gasteiger partial charge is 0.391 e. The lowest BCUT2D eigenvalue weighted by atomic mass is 9.89. The van der Waals surface area contributed by atoms with E-state index in [9.17, 15) is 9.90 Å². The molecule has 3 nitrogen and oxygen atoms in total. The van der Waals surface area contributed by atoms with Gasteiger partial charge in [0.25, 0.3) is 0 Å². The molecule has 0 radical (unpaired) electrons. The topological polar surface area (TPSA) is 49.3 Å². The van der Waals surface area contributed by atoms with Crippen molar-refractivity contribution >= 4 is 5.91 Å². The summed E-state index contributed by atoms with van der Waals surface area (Å²) in [6, 6.07) is 8.40. The number of nitrogens with one attached hydrogen (secondary N) is 1. The van der Waals surface area contributed by atoms with Gasteiger partial charge in [0.1, 0.15) is 0 Å². The third kappa shape index (κ3) is 6.20. The van der Waals surface area contributed by atoms with Gasteiger partial charge in [-0.1, -0.05) is 50.6 Å². The average molecular weight is 277 g/mol. The quantitative estimate of drug-likeness (QED) is 0.840. The molecule has 0 spiro atoms. The number of hydrogen-bond acceptors (Lipinski definition) is 2. The molecule has 0 fully saturated rings.